The number of aliphatic hydroxyl groups is 1. The fraction of sp³-hybridized carbons (Fsp3) is 0.360. The average molecular weight is 468 g/mol. The molecule has 0 aliphatic carbocycles. The van der Waals surface area contributed by atoms with Gasteiger partial charge in [-0.1, -0.05) is 12.1 Å². The van der Waals surface area contributed by atoms with Crippen LogP contribution in [0.3, 0.4) is 0 Å². The molecule has 1 amide bonds. The first-order valence-electron chi connectivity index (χ1n) is 11.1. The first-order valence-corrected chi connectivity index (χ1v) is 11.1. The van der Waals surface area contributed by atoms with Gasteiger partial charge in [0.25, 0.3) is 17.4 Å². The van der Waals surface area contributed by atoms with Gasteiger partial charge in [0.2, 0.25) is 0 Å². The van der Waals surface area contributed by atoms with Crippen molar-refractivity contribution in [3.8, 4) is 5.75 Å². The lowest BCUT2D eigenvalue weighted by Gasteiger charge is -2.26. The molecule has 1 atom stereocenters. The molecule has 2 aromatic carbocycles. The molecule has 0 spiro atoms. The number of likely N-dealkylation sites (tertiary alicyclic amines) is 1. The maximum atomic E-state index is 13.1. The Bertz CT molecular complexity index is 1140. The Labute approximate surface area is 198 Å². The molecule has 0 aromatic heterocycles. The van der Waals surface area contributed by atoms with E-state index in [1.54, 1.807) is 24.3 Å². The molecule has 180 valence electrons. The molecule has 2 aromatic rings. The molecule has 1 aliphatic rings. The summed E-state index contributed by atoms with van der Waals surface area (Å²) < 4.78 is 5.55. The van der Waals surface area contributed by atoms with Crippen LogP contribution in [0, 0.1) is 17.0 Å². The van der Waals surface area contributed by atoms with E-state index in [1.807, 2.05) is 32.8 Å². The lowest BCUT2D eigenvalue weighted by Crippen LogP contribution is -2.32. The summed E-state index contributed by atoms with van der Waals surface area (Å²) in [5.41, 5.74) is 1.27. The Hall–Kier alpha value is -3.72. The van der Waals surface area contributed by atoms with Gasteiger partial charge in [-0.15, -0.1) is 0 Å². The highest BCUT2D eigenvalue weighted by Gasteiger charge is 2.46. The molecule has 0 radical (unpaired) electrons. The van der Waals surface area contributed by atoms with Crippen LogP contribution < -0.4 is 4.74 Å². The predicted molar refractivity (Wildman–Crippen MR) is 128 cm³/mol. The quantitative estimate of drug-likeness (QED) is 0.197. The maximum Gasteiger partial charge on any atom is 0.295 e. The second kappa shape index (κ2) is 10.5. The van der Waals surface area contributed by atoms with E-state index in [2.05, 4.69) is 0 Å². The van der Waals surface area contributed by atoms with Crippen LogP contribution in [0.2, 0.25) is 0 Å². The van der Waals surface area contributed by atoms with E-state index < -0.39 is 22.7 Å². The van der Waals surface area contributed by atoms with Crippen molar-refractivity contribution < 1.29 is 24.4 Å². The largest absolute Gasteiger partial charge is 0.507 e. The van der Waals surface area contributed by atoms with Crippen molar-refractivity contribution in [1.29, 1.82) is 0 Å². The van der Waals surface area contributed by atoms with Crippen LogP contribution in [0.4, 0.5) is 5.69 Å². The topological polar surface area (TPSA) is 113 Å². The van der Waals surface area contributed by atoms with Gasteiger partial charge in [-0.2, -0.15) is 0 Å². The molecule has 3 rings (SSSR count). The molecule has 1 N–H and O–H groups in total. The van der Waals surface area contributed by atoms with Crippen LogP contribution in [-0.2, 0) is 9.59 Å². The van der Waals surface area contributed by atoms with E-state index in [-0.39, 0.29) is 23.6 Å². The highest BCUT2D eigenvalue weighted by molar-refractivity contribution is 6.46. The summed E-state index contributed by atoms with van der Waals surface area (Å²) in [5, 5.41) is 22.6. The molecule has 1 unspecified atom stereocenters. The number of ketones is 1. The highest BCUT2D eigenvalue weighted by atomic mass is 16.6. The fourth-order valence-electron chi connectivity index (χ4n) is 4.09. The van der Waals surface area contributed by atoms with Crippen molar-refractivity contribution in [2.75, 3.05) is 33.8 Å². The van der Waals surface area contributed by atoms with Crippen molar-refractivity contribution in [3.05, 3.63) is 74.8 Å². The van der Waals surface area contributed by atoms with E-state index in [0.29, 0.717) is 36.4 Å². The number of hydrogen-bond acceptors (Lipinski definition) is 7. The first-order chi connectivity index (χ1) is 16.1. The Morgan fingerprint density at radius 2 is 1.94 bits per heavy atom. The molecule has 0 bridgehead atoms. The van der Waals surface area contributed by atoms with Gasteiger partial charge >= 0.3 is 0 Å². The van der Waals surface area contributed by atoms with Gasteiger partial charge < -0.3 is 19.6 Å². The fourth-order valence-corrected chi connectivity index (χ4v) is 4.09. The number of Topliss-reactive ketones (excluding diaryl/α,β-unsaturated/α-hetero) is 1. The summed E-state index contributed by atoms with van der Waals surface area (Å²) >= 11 is 0. The van der Waals surface area contributed by atoms with Gasteiger partial charge in [-0.3, -0.25) is 19.7 Å². The van der Waals surface area contributed by atoms with Crippen LogP contribution in [0.15, 0.2) is 48.0 Å². The zero-order valence-corrected chi connectivity index (χ0v) is 19.8. The summed E-state index contributed by atoms with van der Waals surface area (Å²) in [6, 6.07) is 9.89. The van der Waals surface area contributed by atoms with Crippen LogP contribution in [-0.4, -0.2) is 65.3 Å². The Balaban J connectivity index is 2.13. The summed E-state index contributed by atoms with van der Waals surface area (Å²) in [6.45, 7) is 5.11. The van der Waals surface area contributed by atoms with E-state index in [9.17, 15) is 24.8 Å². The molecule has 34 heavy (non-hydrogen) atoms. The molecule has 1 aliphatic heterocycles. The average Bonchev–Trinajstić information content (AvgIpc) is 3.05. The van der Waals surface area contributed by atoms with E-state index in [0.717, 1.165) is 5.56 Å². The van der Waals surface area contributed by atoms with Crippen molar-refractivity contribution in [2.24, 2.45) is 0 Å². The van der Waals surface area contributed by atoms with Gasteiger partial charge in [-0.25, -0.2) is 0 Å². The third-order valence-electron chi connectivity index (χ3n) is 5.69. The number of ether oxygens (including phenoxy) is 1. The summed E-state index contributed by atoms with van der Waals surface area (Å²) in [5.74, 6) is -1.22. The number of carbonyl (C=O) groups excluding carboxylic acids is 2. The number of hydrogen-bond donors (Lipinski definition) is 1. The third-order valence-corrected chi connectivity index (χ3v) is 5.69. The number of non-ortho nitro benzene ring substituents is 1. The van der Waals surface area contributed by atoms with E-state index in [4.69, 9.17) is 4.74 Å². The number of carbonyl (C=O) groups is 2. The van der Waals surface area contributed by atoms with E-state index >= 15 is 0 Å². The SMILES string of the molecule is CCOc1ccc(C(O)=C2C(=O)C(=O)N(CCCN(C)C)C2c2cccc([N+](=O)[O-])c2)cc1C. The van der Waals surface area contributed by atoms with E-state index in [1.165, 1.54) is 23.1 Å². The van der Waals surface area contributed by atoms with Crippen LogP contribution in [0.5, 0.6) is 5.75 Å². The Kier molecular flexibility index (Phi) is 7.68. The second-order valence-electron chi connectivity index (χ2n) is 8.41. The van der Waals surface area contributed by atoms with Crippen molar-refractivity contribution in [3.63, 3.8) is 0 Å². The third kappa shape index (κ3) is 5.09. The first kappa shape index (κ1) is 24.9. The van der Waals surface area contributed by atoms with Gasteiger partial charge in [0, 0.05) is 24.2 Å². The number of nitro groups is 1. The standard InChI is InChI=1S/C25H29N3O6/c1-5-34-20-11-10-18(14-16(20)2)23(29)21-22(17-8-6-9-19(15-17)28(32)33)27(25(31)24(21)30)13-7-12-26(3)4/h6,8-11,14-15,22,29H,5,7,12-13H2,1-4H3. The normalized spacial score (nSPS) is 17.4. The van der Waals surface area contributed by atoms with Gasteiger partial charge in [0.15, 0.2) is 0 Å². The number of aryl methyl sites for hydroxylation is 1. The molecule has 1 fully saturated rings. The summed E-state index contributed by atoms with van der Waals surface area (Å²) in [4.78, 5) is 40.3. The monoisotopic (exact) mass is 467 g/mol. The number of nitro benzene ring substituents is 1. The van der Waals surface area contributed by atoms with Crippen molar-refractivity contribution >= 4 is 23.1 Å². The summed E-state index contributed by atoms with van der Waals surface area (Å²) in [6.07, 6.45) is 0.591. The predicted octanol–water partition coefficient (Wildman–Crippen LogP) is 3.68. The minimum absolute atomic E-state index is 0.0843. The van der Waals surface area contributed by atoms with Crippen molar-refractivity contribution in [2.45, 2.75) is 26.3 Å². The van der Waals surface area contributed by atoms with Crippen LogP contribution >= 0.6 is 0 Å². The number of aliphatic hydroxyl groups excluding tert-OH is 1. The van der Waals surface area contributed by atoms with Gasteiger partial charge in [0.1, 0.15) is 11.5 Å². The molecule has 0 saturated carbocycles. The van der Waals surface area contributed by atoms with Gasteiger partial charge in [-0.05, 0) is 70.2 Å². The molecule has 9 heteroatoms. The zero-order valence-electron chi connectivity index (χ0n) is 19.8. The number of amides is 1. The Morgan fingerprint density at radius 3 is 2.56 bits per heavy atom. The number of nitrogens with zero attached hydrogens (tertiary/aromatic N) is 3. The van der Waals surface area contributed by atoms with Crippen molar-refractivity contribution in [1.82, 2.24) is 9.80 Å². The lowest BCUT2D eigenvalue weighted by molar-refractivity contribution is -0.384. The van der Waals surface area contributed by atoms with Crippen LogP contribution in [0.1, 0.15) is 36.1 Å². The molecule has 1 heterocycles. The van der Waals surface area contributed by atoms with Crippen LogP contribution in [0.25, 0.3) is 5.76 Å². The molecular formula is C25H29N3O6. The number of rotatable bonds is 9. The van der Waals surface area contributed by atoms with Gasteiger partial charge in [0.05, 0.1) is 23.1 Å². The molecule has 1 saturated heterocycles. The minimum atomic E-state index is -0.936. The summed E-state index contributed by atoms with van der Waals surface area (Å²) in [7, 11) is 3.81. The molecule has 9 nitrogen and oxygen atoms in total. The zero-order chi connectivity index (χ0) is 25.0. The Morgan fingerprint density at radius 1 is 1.21 bits per heavy atom. The number of benzene rings is 2. The lowest BCUT2D eigenvalue weighted by atomic mass is 9.94. The smallest absolute Gasteiger partial charge is 0.295 e. The highest BCUT2D eigenvalue weighted by Crippen LogP contribution is 2.40. The minimum Gasteiger partial charge on any atom is -0.507 e. The second-order valence-corrected chi connectivity index (χ2v) is 8.41. The maximum absolute atomic E-state index is 13.1. The molecular weight excluding hydrogens is 438 g/mol.